The number of aromatic nitrogens is 2. The Kier molecular flexibility index (Phi) is 5.29. The summed E-state index contributed by atoms with van der Waals surface area (Å²) in [4.78, 5) is 11.9. The average Bonchev–Trinajstić information content (AvgIpc) is 2.51. The number of ether oxygens (including phenoxy) is 1. The maximum absolute atomic E-state index is 11.9. The molecule has 0 fully saturated rings. The molecule has 1 heterocycles. The minimum atomic E-state index is -0.493. The Balaban J connectivity index is 2.15. The van der Waals surface area contributed by atoms with Gasteiger partial charge in [-0.25, -0.2) is 0 Å². The van der Waals surface area contributed by atoms with Gasteiger partial charge in [0.2, 0.25) is 5.91 Å². The Morgan fingerprint density at radius 2 is 1.79 bits per heavy atom. The van der Waals surface area contributed by atoms with Gasteiger partial charge in [0.05, 0.1) is 12.8 Å². The molecular formula is C17H21ClN4O2. The van der Waals surface area contributed by atoms with Crippen molar-refractivity contribution < 1.29 is 9.53 Å². The number of nitrogens with zero attached hydrogens (tertiary/aromatic N) is 2. The number of benzene rings is 1. The van der Waals surface area contributed by atoms with E-state index in [0.29, 0.717) is 22.4 Å². The highest BCUT2D eigenvalue weighted by atomic mass is 35.5. The third-order valence-electron chi connectivity index (χ3n) is 3.33. The molecule has 0 saturated carbocycles. The van der Waals surface area contributed by atoms with Crippen LogP contribution in [0.4, 0.5) is 17.3 Å². The lowest BCUT2D eigenvalue weighted by Gasteiger charge is -2.17. The molecule has 0 bridgehead atoms. The van der Waals surface area contributed by atoms with E-state index < -0.39 is 5.41 Å². The summed E-state index contributed by atoms with van der Waals surface area (Å²) in [5.41, 5.74) is 1.16. The summed E-state index contributed by atoms with van der Waals surface area (Å²) in [5.74, 6) is 1.42. The Hall–Kier alpha value is -2.34. The summed E-state index contributed by atoms with van der Waals surface area (Å²) in [6.07, 6.45) is 0. The molecule has 2 rings (SSSR count). The SMILES string of the molecule is COc1cc(Cl)c(C)cc1Nc1ccc(NC(=O)C(C)(C)C)nn1. The van der Waals surface area contributed by atoms with E-state index in [0.717, 1.165) is 11.3 Å². The van der Waals surface area contributed by atoms with E-state index in [4.69, 9.17) is 16.3 Å². The molecule has 1 amide bonds. The van der Waals surface area contributed by atoms with Crippen molar-refractivity contribution in [3.8, 4) is 5.75 Å². The zero-order valence-corrected chi connectivity index (χ0v) is 15.2. The van der Waals surface area contributed by atoms with Crippen LogP contribution in [0.3, 0.4) is 0 Å². The first-order valence-electron chi connectivity index (χ1n) is 7.47. The van der Waals surface area contributed by atoms with Gasteiger partial charge in [0.25, 0.3) is 0 Å². The van der Waals surface area contributed by atoms with Crippen molar-refractivity contribution in [3.05, 3.63) is 34.9 Å². The Morgan fingerprint density at radius 3 is 2.33 bits per heavy atom. The molecule has 128 valence electrons. The van der Waals surface area contributed by atoms with Crippen molar-refractivity contribution in [2.45, 2.75) is 27.7 Å². The molecule has 0 radical (unpaired) electrons. The van der Waals surface area contributed by atoms with Crippen molar-refractivity contribution in [1.82, 2.24) is 10.2 Å². The smallest absolute Gasteiger partial charge is 0.230 e. The molecular weight excluding hydrogens is 328 g/mol. The van der Waals surface area contributed by atoms with Crippen LogP contribution in [0.1, 0.15) is 26.3 Å². The fourth-order valence-electron chi connectivity index (χ4n) is 1.84. The van der Waals surface area contributed by atoms with Crippen molar-refractivity contribution in [1.29, 1.82) is 0 Å². The second-order valence-corrected chi connectivity index (χ2v) is 6.84. The van der Waals surface area contributed by atoms with Gasteiger partial charge < -0.3 is 15.4 Å². The number of anilines is 3. The summed E-state index contributed by atoms with van der Waals surface area (Å²) in [7, 11) is 1.57. The van der Waals surface area contributed by atoms with E-state index in [1.807, 2.05) is 33.8 Å². The fraction of sp³-hybridized carbons (Fsp3) is 0.353. The predicted molar refractivity (Wildman–Crippen MR) is 96.1 cm³/mol. The van der Waals surface area contributed by atoms with Gasteiger partial charge in [-0.05, 0) is 30.7 Å². The summed E-state index contributed by atoms with van der Waals surface area (Å²) >= 11 is 6.10. The van der Waals surface area contributed by atoms with Gasteiger partial charge in [-0.3, -0.25) is 4.79 Å². The largest absolute Gasteiger partial charge is 0.495 e. The van der Waals surface area contributed by atoms with E-state index in [1.54, 1.807) is 25.3 Å². The number of hydrogen-bond acceptors (Lipinski definition) is 5. The van der Waals surface area contributed by atoms with Crippen LogP contribution >= 0.6 is 11.6 Å². The Labute approximate surface area is 146 Å². The van der Waals surface area contributed by atoms with Gasteiger partial charge in [0.1, 0.15) is 5.75 Å². The van der Waals surface area contributed by atoms with E-state index in [1.165, 1.54) is 0 Å². The predicted octanol–water partition coefficient (Wildman–Crippen LogP) is 4.18. The molecule has 6 nitrogen and oxygen atoms in total. The second-order valence-electron chi connectivity index (χ2n) is 6.43. The summed E-state index contributed by atoms with van der Waals surface area (Å²) in [6.45, 7) is 7.41. The van der Waals surface area contributed by atoms with Crippen molar-refractivity contribution in [2.75, 3.05) is 17.7 Å². The van der Waals surface area contributed by atoms with Crippen LogP contribution in [-0.4, -0.2) is 23.2 Å². The molecule has 0 atom stereocenters. The summed E-state index contributed by atoms with van der Waals surface area (Å²) in [6, 6.07) is 7.03. The fourth-order valence-corrected chi connectivity index (χ4v) is 1.99. The highest BCUT2D eigenvalue weighted by Crippen LogP contribution is 2.32. The van der Waals surface area contributed by atoms with E-state index in [-0.39, 0.29) is 5.91 Å². The summed E-state index contributed by atoms with van der Waals surface area (Å²) in [5, 5.41) is 14.6. The summed E-state index contributed by atoms with van der Waals surface area (Å²) < 4.78 is 5.32. The van der Waals surface area contributed by atoms with E-state index >= 15 is 0 Å². The third-order valence-corrected chi connectivity index (χ3v) is 3.74. The molecule has 24 heavy (non-hydrogen) atoms. The van der Waals surface area contributed by atoms with Crippen LogP contribution < -0.4 is 15.4 Å². The number of hydrogen-bond donors (Lipinski definition) is 2. The maximum atomic E-state index is 11.9. The van der Waals surface area contributed by atoms with Crippen LogP contribution in [-0.2, 0) is 4.79 Å². The normalized spacial score (nSPS) is 11.1. The molecule has 1 aromatic carbocycles. The first kappa shape index (κ1) is 18.0. The number of carbonyl (C=O) groups is 1. The Bertz CT molecular complexity index is 739. The first-order chi connectivity index (χ1) is 11.2. The highest BCUT2D eigenvalue weighted by molar-refractivity contribution is 6.31. The van der Waals surface area contributed by atoms with Crippen LogP contribution in [0.25, 0.3) is 0 Å². The molecule has 1 aromatic heterocycles. The van der Waals surface area contributed by atoms with E-state index in [2.05, 4.69) is 20.8 Å². The Morgan fingerprint density at radius 1 is 1.17 bits per heavy atom. The van der Waals surface area contributed by atoms with Crippen LogP contribution in [0.2, 0.25) is 5.02 Å². The first-order valence-corrected chi connectivity index (χ1v) is 7.85. The maximum Gasteiger partial charge on any atom is 0.230 e. The zero-order valence-electron chi connectivity index (χ0n) is 14.4. The average molecular weight is 349 g/mol. The monoisotopic (exact) mass is 348 g/mol. The van der Waals surface area contributed by atoms with Gasteiger partial charge >= 0.3 is 0 Å². The number of nitrogens with one attached hydrogen (secondary N) is 2. The number of rotatable bonds is 4. The molecule has 0 spiro atoms. The lowest BCUT2D eigenvalue weighted by atomic mass is 9.96. The minimum absolute atomic E-state index is 0.118. The second kappa shape index (κ2) is 7.05. The molecule has 0 aliphatic rings. The minimum Gasteiger partial charge on any atom is -0.495 e. The molecule has 0 aliphatic carbocycles. The van der Waals surface area contributed by atoms with Gasteiger partial charge in [0, 0.05) is 16.5 Å². The number of methoxy groups -OCH3 is 1. The third kappa shape index (κ3) is 4.35. The van der Waals surface area contributed by atoms with Gasteiger partial charge in [-0.15, -0.1) is 10.2 Å². The van der Waals surface area contributed by atoms with Gasteiger partial charge in [-0.2, -0.15) is 0 Å². The quantitative estimate of drug-likeness (QED) is 0.867. The molecule has 0 aliphatic heterocycles. The number of halogens is 1. The molecule has 0 saturated heterocycles. The number of aryl methyl sites for hydroxylation is 1. The van der Waals surface area contributed by atoms with Gasteiger partial charge in [-0.1, -0.05) is 32.4 Å². The lowest BCUT2D eigenvalue weighted by Crippen LogP contribution is -2.28. The van der Waals surface area contributed by atoms with Crippen molar-refractivity contribution >= 4 is 34.8 Å². The topological polar surface area (TPSA) is 76.1 Å². The number of amides is 1. The lowest BCUT2D eigenvalue weighted by molar-refractivity contribution is -0.123. The molecule has 2 aromatic rings. The highest BCUT2D eigenvalue weighted by Gasteiger charge is 2.21. The zero-order chi connectivity index (χ0) is 17.9. The van der Waals surface area contributed by atoms with Crippen molar-refractivity contribution in [3.63, 3.8) is 0 Å². The molecule has 2 N–H and O–H groups in total. The number of carbonyl (C=O) groups excluding carboxylic acids is 1. The van der Waals surface area contributed by atoms with Crippen LogP contribution in [0.5, 0.6) is 5.75 Å². The van der Waals surface area contributed by atoms with Crippen molar-refractivity contribution in [2.24, 2.45) is 5.41 Å². The van der Waals surface area contributed by atoms with Crippen LogP contribution in [0.15, 0.2) is 24.3 Å². The van der Waals surface area contributed by atoms with E-state index in [9.17, 15) is 4.79 Å². The molecule has 0 unspecified atom stereocenters. The molecule has 7 heteroatoms. The van der Waals surface area contributed by atoms with Gasteiger partial charge in [0.15, 0.2) is 11.6 Å². The van der Waals surface area contributed by atoms with Crippen LogP contribution in [0, 0.1) is 12.3 Å². The standard InChI is InChI=1S/C17H21ClN4O2/c1-10-8-12(13(24-5)9-11(10)18)19-14-6-7-15(22-21-14)20-16(23)17(2,3)4/h6-9H,1-5H3,(H,19,21)(H,20,22,23).